The molecule has 1 amide bonds. The molecule has 2 aromatic rings. The fourth-order valence-electron chi connectivity index (χ4n) is 6.02. The first-order valence-electron chi connectivity index (χ1n) is 12.1. The lowest BCUT2D eigenvalue weighted by Gasteiger charge is -2.47. The molecule has 2 heterocycles. The fourth-order valence-corrected chi connectivity index (χ4v) is 6.02. The van der Waals surface area contributed by atoms with E-state index in [1.54, 1.807) is 6.92 Å². The lowest BCUT2D eigenvalue weighted by molar-refractivity contribution is -0.149. The topological polar surface area (TPSA) is 80.0 Å². The quantitative estimate of drug-likeness (QED) is 0.734. The Morgan fingerprint density at radius 1 is 1.19 bits per heavy atom. The second-order valence-electron chi connectivity index (χ2n) is 9.96. The minimum absolute atomic E-state index is 0.0518. The SMILES string of the molecule is Cc1c(OC(C)C(=O)N2CCC3(O)CCCCC3C2)ccc2c3c(c(=O)oc12)CCCC3. The van der Waals surface area contributed by atoms with Gasteiger partial charge in [0.05, 0.1) is 5.60 Å². The van der Waals surface area contributed by atoms with E-state index in [2.05, 4.69) is 0 Å². The minimum atomic E-state index is -0.648. The van der Waals surface area contributed by atoms with Gasteiger partial charge in [0.1, 0.15) is 11.3 Å². The monoisotopic (exact) mass is 439 g/mol. The van der Waals surface area contributed by atoms with E-state index in [9.17, 15) is 14.7 Å². The second-order valence-corrected chi connectivity index (χ2v) is 9.96. The maximum Gasteiger partial charge on any atom is 0.339 e. The fraction of sp³-hybridized carbons (Fsp3) is 0.615. The molecule has 2 aliphatic carbocycles. The number of carbonyl (C=O) groups is 1. The van der Waals surface area contributed by atoms with Gasteiger partial charge < -0.3 is 19.2 Å². The molecule has 1 saturated carbocycles. The van der Waals surface area contributed by atoms with Crippen LogP contribution in [0.25, 0.3) is 11.0 Å². The molecule has 3 atom stereocenters. The van der Waals surface area contributed by atoms with Crippen molar-refractivity contribution in [1.82, 2.24) is 4.90 Å². The minimum Gasteiger partial charge on any atom is -0.480 e. The molecule has 1 N–H and O–H groups in total. The summed E-state index contributed by atoms with van der Waals surface area (Å²) in [5.74, 6) is 0.677. The first-order chi connectivity index (χ1) is 15.4. The number of ether oxygens (including phenoxy) is 1. The molecule has 5 rings (SSSR count). The number of rotatable bonds is 3. The normalized spacial score (nSPS) is 26.3. The van der Waals surface area contributed by atoms with Gasteiger partial charge in [-0.15, -0.1) is 0 Å². The second kappa shape index (κ2) is 8.22. The van der Waals surface area contributed by atoms with Gasteiger partial charge in [-0.2, -0.15) is 0 Å². The van der Waals surface area contributed by atoms with Crippen LogP contribution in [-0.4, -0.2) is 40.7 Å². The number of amides is 1. The van der Waals surface area contributed by atoms with Crippen LogP contribution in [0.3, 0.4) is 0 Å². The molecule has 3 unspecified atom stereocenters. The number of fused-ring (bicyclic) bond motifs is 4. The van der Waals surface area contributed by atoms with E-state index in [0.717, 1.165) is 73.4 Å². The Balaban J connectivity index is 1.35. The molecular weight excluding hydrogens is 406 g/mol. The molecule has 6 heteroatoms. The van der Waals surface area contributed by atoms with E-state index in [0.29, 0.717) is 30.8 Å². The maximum absolute atomic E-state index is 13.1. The van der Waals surface area contributed by atoms with Crippen molar-refractivity contribution in [3.63, 3.8) is 0 Å². The molecular formula is C26H33NO5. The molecule has 3 aliphatic rings. The highest BCUT2D eigenvalue weighted by molar-refractivity contribution is 5.86. The van der Waals surface area contributed by atoms with Crippen LogP contribution in [0.5, 0.6) is 5.75 Å². The summed E-state index contributed by atoms with van der Waals surface area (Å²) in [7, 11) is 0. The molecule has 1 aliphatic heterocycles. The van der Waals surface area contributed by atoms with Gasteiger partial charge in [-0.1, -0.05) is 12.8 Å². The first-order valence-corrected chi connectivity index (χ1v) is 12.1. The Bertz CT molecular complexity index is 1110. The van der Waals surface area contributed by atoms with E-state index < -0.39 is 11.7 Å². The largest absolute Gasteiger partial charge is 0.480 e. The summed E-state index contributed by atoms with van der Waals surface area (Å²) in [5, 5.41) is 11.9. The third kappa shape index (κ3) is 3.62. The zero-order valence-electron chi connectivity index (χ0n) is 19.1. The van der Waals surface area contributed by atoms with Gasteiger partial charge in [-0.05, 0) is 76.5 Å². The summed E-state index contributed by atoms with van der Waals surface area (Å²) in [6, 6.07) is 3.86. The van der Waals surface area contributed by atoms with Crippen LogP contribution in [0, 0.1) is 12.8 Å². The van der Waals surface area contributed by atoms with E-state index >= 15 is 0 Å². The highest BCUT2D eigenvalue weighted by Crippen LogP contribution is 2.40. The highest BCUT2D eigenvalue weighted by atomic mass is 16.5. The van der Waals surface area contributed by atoms with Crippen molar-refractivity contribution in [2.75, 3.05) is 13.1 Å². The van der Waals surface area contributed by atoms with Crippen LogP contribution in [0.15, 0.2) is 21.3 Å². The number of aryl methyl sites for hydroxylation is 2. The number of aliphatic hydroxyl groups is 1. The van der Waals surface area contributed by atoms with Crippen molar-refractivity contribution in [3.8, 4) is 5.75 Å². The molecule has 2 fully saturated rings. The predicted octanol–water partition coefficient (Wildman–Crippen LogP) is 3.90. The summed E-state index contributed by atoms with van der Waals surface area (Å²) in [6.07, 6.45) is 7.79. The highest BCUT2D eigenvalue weighted by Gasteiger charge is 2.44. The third-order valence-corrected chi connectivity index (χ3v) is 7.98. The van der Waals surface area contributed by atoms with Crippen molar-refractivity contribution >= 4 is 16.9 Å². The Labute approximate surface area is 188 Å². The van der Waals surface area contributed by atoms with Crippen LogP contribution in [-0.2, 0) is 17.6 Å². The van der Waals surface area contributed by atoms with E-state index in [-0.39, 0.29) is 17.5 Å². The van der Waals surface area contributed by atoms with Crippen LogP contribution in [0.1, 0.15) is 68.6 Å². The maximum atomic E-state index is 13.1. The number of hydrogen-bond acceptors (Lipinski definition) is 5. The zero-order chi connectivity index (χ0) is 22.5. The lowest BCUT2D eigenvalue weighted by atomic mass is 9.71. The van der Waals surface area contributed by atoms with E-state index in [1.807, 2.05) is 24.0 Å². The number of likely N-dealkylation sites (tertiary alicyclic amines) is 1. The van der Waals surface area contributed by atoms with Gasteiger partial charge in [-0.25, -0.2) is 4.79 Å². The Morgan fingerprint density at radius 2 is 1.97 bits per heavy atom. The summed E-state index contributed by atoms with van der Waals surface area (Å²) >= 11 is 0. The molecule has 1 saturated heterocycles. The summed E-state index contributed by atoms with van der Waals surface area (Å²) in [6.45, 7) is 4.82. The summed E-state index contributed by atoms with van der Waals surface area (Å²) in [5.41, 5.74) is 2.39. The average molecular weight is 440 g/mol. The molecule has 0 radical (unpaired) electrons. The van der Waals surface area contributed by atoms with Gasteiger partial charge in [0.15, 0.2) is 6.10 Å². The van der Waals surface area contributed by atoms with Crippen molar-refractivity contribution in [2.24, 2.45) is 5.92 Å². The number of nitrogens with zero attached hydrogens (tertiary/aromatic N) is 1. The summed E-state index contributed by atoms with van der Waals surface area (Å²) < 4.78 is 11.8. The number of carbonyl (C=O) groups excluding carboxylic acids is 1. The third-order valence-electron chi connectivity index (χ3n) is 7.98. The molecule has 0 bridgehead atoms. The lowest BCUT2D eigenvalue weighted by Crippen LogP contribution is -2.56. The number of benzene rings is 1. The van der Waals surface area contributed by atoms with Gasteiger partial charge >= 0.3 is 5.63 Å². The van der Waals surface area contributed by atoms with Crippen molar-refractivity contribution in [1.29, 1.82) is 0 Å². The molecule has 1 aromatic heterocycles. The van der Waals surface area contributed by atoms with Crippen LogP contribution >= 0.6 is 0 Å². The smallest absolute Gasteiger partial charge is 0.339 e. The average Bonchev–Trinajstić information content (AvgIpc) is 2.80. The van der Waals surface area contributed by atoms with Crippen LogP contribution in [0.4, 0.5) is 0 Å². The Kier molecular flexibility index (Phi) is 5.52. The molecule has 32 heavy (non-hydrogen) atoms. The van der Waals surface area contributed by atoms with E-state index in [4.69, 9.17) is 9.15 Å². The van der Waals surface area contributed by atoms with Gasteiger partial charge in [0.25, 0.3) is 5.91 Å². The van der Waals surface area contributed by atoms with Crippen molar-refractivity contribution in [2.45, 2.75) is 83.3 Å². The van der Waals surface area contributed by atoms with Crippen LogP contribution in [0.2, 0.25) is 0 Å². The molecule has 1 aromatic carbocycles. The van der Waals surface area contributed by atoms with E-state index in [1.165, 1.54) is 0 Å². The predicted molar refractivity (Wildman–Crippen MR) is 122 cm³/mol. The Hall–Kier alpha value is -2.34. The number of hydrogen-bond donors (Lipinski definition) is 1. The van der Waals surface area contributed by atoms with Gasteiger partial charge in [0, 0.05) is 35.5 Å². The van der Waals surface area contributed by atoms with Crippen molar-refractivity contribution < 1.29 is 19.1 Å². The van der Waals surface area contributed by atoms with Gasteiger partial charge in [-0.3, -0.25) is 4.79 Å². The standard InChI is InChI=1S/C26H33NO5/c1-16-22(11-10-20-19-8-3-4-9-21(19)25(29)32-23(16)20)31-17(2)24(28)27-14-13-26(30)12-6-5-7-18(26)15-27/h10-11,17-18,30H,3-9,12-15H2,1-2H3. The Morgan fingerprint density at radius 3 is 2.78 bits per heavy atom. The number of piperidine rings is 1. The summed E-state index contributed by atoms with van der Waals surface area (Å²) in [4.78, 5) is 27.5. The molecule has 0 spiro atoms. The molecule has 6 nitrogen and oxygen atoms in total. The molecule has 172 valence electrons. The first kappa shape index (κ1) is 21.5. The van der Waals surface area contributed by atoms with Crippen LogP contribution < -0.4 is 10.4 Å². The zero-order valence-corrected chi connectivity index (χ0v) is 19.1. The van der Waals surface area contributed by atoms with Crippen molar-refractivity contribution in [3.05, 3.63) is 39.2 Å². The van der Waals surface area contributed by atoms with Gasteiger partial charge in [0.2, 0.25) is 0 Å².